The van der Waals surface area contributed by atoms with E-state index < -0.39 is 0 Å². The maximum absolute atomic E-state index is 13.9. The topological polar surface area (TPSA) is 76.7 Å². The van der Waals surface area contributed by atoms with Gasteiger partial charge in [0.05, 0.1) is 11.2 Å². The van der Waals surface area contributed by atoms with Crippen LogP contribution in [0.5, 0.6) is 0 Å². The Morgan fingerprint density at radius 1 is 1.17 bits per heavy atom. The summed E-state index contributed by atoms with van der Waals surface area (Å²) in [5.41, 5.74) is 9.35. The van der Waals surface area contributed by atoms with E-state index >= 15 is 0 Å². The largest absolute Gasteiger partial charge is 0.382 e. The highest BCUT2D eigenvalue weighted by Gasteiger charge is 2.20. The van der Waals surface area contributed by atoms with Crippen molar-refractivity contribution in [2.75, 3.05) is 5.73 Å². The summed E-state index contributed by atoms with van der Waals surface area (Å²) >= 11 is 0. The molecule has 0 aliphatic heterocycles. The molecule has 0 saturated heterocycles. The third-order valence-electron chi connectivity index (χ3n) is 3.94. The summed E-state index contributed by atoms with van der Waals surface area (Å²) in [6.07, 6.45) is 3.81. The second kappa shape index (κ2) is 6.67. The van der Waals surface area contributed by atoms with Gasteiger partial charge in [-0.15, -0.1) is 12.4 Å². The molecule has 1 aromatic carbocycles. The lowest BCUT2D eigenvalue weighted by atomic mass is 10.1. The van der Waals surface area contributed by atoms with Crippen LogP contribution in [0.3, 0.4) is 0 Å². The molecule has 3 aromatic rings. The summed E-state index contributed by atoms with van der Waals surface area (Å²) in [7, 11) is 0. The number of anilines is 1. The third-order valence-corrected chi connectivity index (χ3v) is 3.94. The Kier molecular flexibility index (Phi) is 4.59. The van der Waals surface area contributed by atoms with Crippen LogP contribution in [0.25, 0.3) is 22.3 Å². The maximum atomic E-state index is 13.9. The molecule has 1 aliphatic carbocycles. The predicted octanol–water partition coefficient (Wildman–Crippen LogP) is 3.09. The van der Waals surface area contributed by atoms with Gasteiger partial charge in [0.1, 0.15) is 17.7 Å². The molecule has 0 radical (unpaired) electrons. The van der Waals surface area contributed by atoms with Gasteiger partial charge in [-0.2, -0.15) is 0 Å². The SMILES string of the molecule is Cl.Nc1ncnc2ccc(-c3cc(F)cc(CNC4CC4)c3)nc12. The highest BCUT2D eigenvalue weighted by atomic mass is 35.5. The number of halogens is 2. The van der Waals surface area contributed by atoms with Gasteiger partial charge >= 0.3 is 0 Å². The summed E-state index contributed by atoms with van der Waals surface area (Å²) in [4.78, 5) is 12.6. The first-order chi connectivity index (χ1) is 11.2. The minimum Gasteiger partial charge on any atom is -0.382 e. The summed E-state index contributed by atoms with van der Waals surface area (Å²) in [6, 6.07) is 9.21. The Hall–Kier alpha value is -2.31. The van der Waals surface area contributed by atoms with Gasteiger partial charge in [0, 0.05) is 18.2 Å². The number of nitrogens with zero attached hydrogens (tertiary/aromatic N) is 3. The van der Waals surface area contributed by atoms with Crippen LogP contribution >= 0.6 is 12.4 Å². The molecule has 3 N–H and O–H groups in total. The summed E-state index contributed by atoms with van der Waals surface area (Å²) < 4.78 is 13.9. The highest BCUT2D eigenvalue weighted by molar-refractivity contribution is 5.86. The second-order valence-electron chi connectivity index (χ2n) is 5.83. The number of nitrogens with one attached hydrogen (secondary N) is 1. The van der Waals surface area contributed by atoms with E-state index in [9.17, 15) is 4.39 Å². The zero-order valence-corrected chi connectivity index (χ0v) is 13.7. The van der Waals surface area contributed by atoms with Crippen molar-refractivity contribution >= 4 is 29.3 Å². The Bertz CT molecular complexity index is 882. The van der Waals surface area contributed by atoms with Crippen LogP contribution in [0.2, 0.25) is 0 Å². The summed E-state index contributed by atoms with van der Waals surface area (Å²) in [6.45, 7) is 0.661. The van der Waals surface area contributed by atoms with Gasteiger partial charge in [0.15, 0.2) is 5.82 Å². The average molecular weight is 346 g/mol. The van der Waals surface area contributed by atoms with Crippen molar-refractivity contribution in [2.45, 2.75) is 25.4 Å². The molecule has 0 amide bonds. The smallest absolute Gasteiger partial charge is 0.153 e. The molecule has 0 spiro atoms. The van der Waals surface area contributed by atoms with Gasteiger partial charge in [0.25, 0.3) is 0 Å². The molecule has 0 bridgehead atoms. The lowest BCUT2D eigenvalue weighted by molar-refractivity contribution is 0.620. The minimum absolute atomic E-state index is 0. The standard InChI is InChI=1S/C17H16FN5.ClH/c18-12-6-10(8-20-13-1-2-13)5-11(7-12)14-3-4-15-16(23-14)17(19)22-9-21-15;/h3-7,9,13,20H,1-2,8H2,(H2,19,21,22);1H. The number of aromatic nitrogens is 3. The first-order valence-electron chi connectivity index (χ1n) is 7.59. The molecule has 0 atom stereocenters. The van der Waals surface area contributed by atoms with Crippen molar-refractivity contribution in [3.8, 4) is 11.3 Å². The predicted molar refractivity (Wildman–Crippen MR) is 94.2 cm³/mol. The highest BCUT2D eigenvalue weighted by Crippen LogP contribution is 2.25. The molecule has 5 nitrogen and oxygen atoms in total. The molecule has 24 heavy (non-hydrogen) atoms. The fourth-order valence-electron chi connectivity index (χ4n) is 2.57. The van der Waals surface area contributed by atoms with Crippen molar-refractivity contribution in [3.05, 3.63) is 48.0 Å². The number of nitrogens with two attached hydrogens (primary N) is 1. The van der Waals surface area contributed by atoms with Crippen LogP contribution in [-0.2, 0) is 6.54 Å². The third kappa shape index (κ3) is 3.44. The number of hydrogen-bond donors (Lipinski definition) is 2. The number of nitrogen functional groups attached to an aromatic ring is 1. The van der Waals surface area contributed by atoms with Crippen molar-refractivity contribution in [1.82, 2.24) is 20.3 Å². The van der Waals surface area contributed by atoms with E-state index in [2.05, 4.69) is 20.3 Å². The minimum atomic E-state index is -0.269. The molecule has 4 rings (SSSR count). The van der Waals surface area contributed by atoms with Crippen LogP contribution in [-0.4, -0.2) is 21.0 Å². The second-order valence-corrected chi connectivity index (χ2v) is 5.83. The molecule has 1 aliphatic rings. The Morgan fingerprint density at radius 3 is 2.79 bits per heavy atom. The maximum Gasteiger partial charge on any atom is 0.153 e. The average Bonchev–Trinajstić information content (AvgIpc) is 3.37. The van der Waals surface area contributed by atoms with Gasteiger partial charge in [-0.3, -0.25) is 0 Å². The van der Waals surface area contributed by atoms with Gasteiger partial charge in [-0.05, 0) is 48.7 Å². The Labute approximate surface area is 144 Å². The number of fused-ring (bicyclic) bond motifs is 1. The van der Waals surface area contributed by atoms with Crippen LogP contribution < -0.4 is 11.1 Å². The number of hydrogen-bond acceptors (Lipinski definition) is 5. The number of pyridine rings is 1. The molecule has 2 heterocycles. The van der Waals surface area contributed by atoms with E-state index in [1.54, 1.807) is 6.07 Å². The quantitative estimate of drug-likeness (QED) is 0.760. The zero-order valence-electron chi connectivity index (χ0n) is 12.9. The fourth-order valence-corrected chi connectivity index (χ4v) is 2.57. The van der Waals surface area contributed by atoms with Gasteiger partial charge < -0.3 is 11.1 Å². The number of benzene rings is 1. The monoisotopic (exact) mass is 345 g/mol. The van der Waals surface area contributed by atoms with E-state index in [1.165, 1.54) is 25.2 Å². The lowest BCUT2D eigenvalue weighted by Crippen LogP contribution is -2.15. The van der Waals surface area contributed by atoms with E-state index in [4.69, 9.17) is 5.73 Å². The summed E-state index contributed by atoms with van der Waals surface area (Å²) in [5.74, 6) is 0.0538. The van der Waals surface area contributed by atoms with Crippen molar-refractivity contribution < 1.29 is 4.39 Å². The van der Waals surface area contributed by atoms with E-state index in [-0.39, 0.29) is 18.2 Å². The van der Waals surface area contributed by atoms with Crippen LogP contribution in [0.4, 0.5) is 10.2 Å². The van der Waals surface area contributed by atoms with Crippen LogP contribution in [0.15, 0.2) is 36.7 Å². The van der Waals surface area contributed by atoms with Crippen molar-refractivity contribution in [2.24, 2.45) is 0 Å². The first-order valence-corrected chi connectivity index (χ1v) is 7.59. The fraction of sp³-hybridized carbons (Fsp3) is 0.235. The van der Waals surface area contributed by atoms with Gasteiger partial charge in [-0.25, -0.2) is 19.3 Å². The molecule has 7 heteroatoms. The molecular weight excluding hydrogens is 329 g/mol. The van der Waals surface area contributed by atoms with E-state index in [1.807, 2.05) is 18.2 Å². The normalized spacial score (nSPS) is 13.7. The Morgan fingerprint density at radius 2 is 2.00 bits per heavy atom. The van der Waals surface area contributed by atoms with Gasteiger partial charge in [0.2, 0.25) is 0 Å². The molecular formula is C17H17ClFN5. The molecule has 0 unspecified atom stereocenters. The van der Waals surface area contributed by atoms with E-state index in [0.717, 1.165) is 11.1 Å². The van der Waals surface area contributed by atoms with Crippen molar-refractivity contribution in [1.29, 1.82) is 0 Å². The molecule has 124 valence electrons. The van der Waals surface area contributed by atoms with Crippen molar-refractivity contribution in [3.63, 3.8) is 0 Å². The zero-order chi connectivity index (χ0) is 15.8. The van der Waals surface area contributed by atoms with Crippen LogP contribution in [0, 0.1) is 5.82 Å². The molecule has 1 fully saturated rings. The van der Waals surface area contributed by atoms with Gasteiger partial charge in [-0.1, -0.05) is 0 Å². The molecule has 1 saturated carbocycles. The summed E-state index contributed by atoms with van der Waals surface area (Å²) in [5, 5.41) is 3.39. The van der Waals surface area contributed by atoms with E-state index in [0.29, 0.717) is 35.1 Å². The molecule has 2 aromatic heterocycles. The van der Waals surface area contributed by atoms with Crippen LogP contribution in [0.1, 0.15) is 18.4 Å². The number of rotatable bonds is 4. The lowest BCUT2D eigenvalue weighted by Gasteiger charge is -2.08. The first kappa shape index (κ1) is 16.5. The Balaban J connectivity index is 0.00000169.